The van der Waals surface area contributed by atoms with Crippen LogP contribution in [0.4, 0.5) is 5.13 Å². The minimum Gasteiger partial charge on any atom is -0.337 e. The van der Waals surface area contributed by atoms with E-state index in [9.17, 15) is 9.59 Å². The monoisotopic (exact) mass is 432 g/mol. The molecule has 0 radical (unpaired) electrons. The van der Waals surface area contributed by atoms with Crippen molar-refractivity contribution < 1.29 is 9.59 Å². The van der Waals surface area contributed by atoms with E-state index in [1.165, 1.54) is 23.8 Å². The van der Waals surface area contributed by atoms with Gasteiger partial charge < -0.3 is 4.57 Å². The summed E-state index contributed by atoms with van der Waals surface area (Å²) in [7, 11) is 0. The highest BCUT2D eigenvalue weighted by Crippen LogP contribution is 2.32. The van der Waals surface area contributed by atoms with E-state index in [4.69, 9.17) is 4.98 Å². The lowest BCUT2D eigenvalue weighted by Crippen LogP contribution is -2.32. The molecule has 0 spiro atoms. The number of anilines is 1. The van der Waals surface area contributed by atoms with E-state index in [0.717, 1.165) is 28.7 Å². The van der Waals surface area contributed by atoms with Gasteiger partial charge in [0.2, 0.25) is 0 Å². The number of ketones is 1. The SMILES string of the molecule is CC(=O)c1ccc(C(=O)N(CCCn2ccnc2)c2nc3c(C)c(C)ccc3s2)cc1. The van der Waals surface area contributed by atoms with Crippen LogP contribution in [0.1, 0.15) is 45.2 Å². The Morgan fingerprint density at radius 3 is 2.48 bits per heavy atom. The number of amides is 1. The Morgan fingerprint density at radius 1 is 1.06 bits per heavy atom. The fourth-order valence-electron chi connectivity index (χ4n) is 3.45. The van der Waals surface area contributed by atoms with E-state index in [0.29, 0.717) is 22.8 Å². The van der Waals surface area contributed by atoms with Crippen LogP contribution in [0.5, 0.6) is 0 Å². The van der Waals surface area contributed by atoms with Crippen LogP contribution >= 0.6 is 11.3 Å². The van der Waals surface area contributed by atoms with Crippen LogP contribution in [0.3, 0.4) is 0 Å². The number of imidazole rings is 1. The maximum Gasteiger partial charge on any atom is 0.260 e. The van der Waals surface area contributed by atoms with Gasteiger partial charge in [0, 0.05) is 36.6 Å². The summed E-state index contributed by atoms with van der Waals surface area (Å²) in [6.45, 7) is 6.94. The molecule has 0 bridgehead atoms. The van der Waals surface area contributed by atoms with E-state index in [1.807, 2.05) is 10.8 Å². The molecule has 6 nitrogen and oxygen atoms in total. The molecule has 4 aromatic rings. The first kappa shape index (κ1) is 20.9. The number of carbonyl (C=O) groups excluding carboxylic acids is 2. The number of fused-ring (bicyclic) bond motifs is 1. The number of rotatable bonds is 7. The number of benzene rings is 2. The van der Waals surface area contributed by atoms with Crippen molar-refractivity contribution >= 4 is 38.4 Å². The summed E-state index contributed by atoms with van der Waals surface area (Å²) in [5.41, 5.74) is 4.40. The van der Waals surface area contributed by atoms with Crippen molar-refractivity contribution in [1.82, 2.24) is 14.5 Å². The number of aryl methyl sites for hydroxylation is 3. The highest BCUT2D eigenvalue weighted by molar-refractivity contribution is 7.22. The van der Waals surface area contributed by atoms with E-state index < -0.39 is 0 Å². The van der Waals surface area contributed by atoms with Crippen molar-refractivity contribution in [2.45, 2.75) is 33.7 Å². The molecular weight excluding hydrogens is 408 g/mol. The molecule has 4 rings (SSSR count). The van der Waals surface area contributed by atoms with Gasteiger partial charge in [-0.25, -0.2) is 9.97 Å². The second-order valence-electron chi connectivity index (χ2n) is 7.60. The van der Waals surface area contributed by atoms with Crippen LogP contribution in [-0.4, -0.2) is 32.8 Å². The van der Waals surface area contributed by atoms with E-state index in [-0.39, 0.29) is 11.7 Å². The summed E-state index contributed by atoms with van der Waals surface area (Å²) in [4.78, 5) is 35.7. The van der Waals surface area contributed by atoms with Gasteiger partial charge in [-0.3, -0.25) is 14.5 Å². The van der Waals surface area contributed by atoms with Gasteiger partial charge in [0.25, 0.3) is 5.91 Å². The van der Waals surface area contributed by atoms with Crippen LogP contribution in [-0.2, 0) is 6.54 Å². The van der Waals surface area contributed by atoms with Crippen molar-refractivity contribution in [3.63, 3.8) is 0 Å². The number of carbonyl (C=O) groups is 2. The smallest absolute Gasteiger partial charge is 0.260 e. The third kappa shape index (κ3) is 4.41. The van der Waals surface area contributed by atoms with Crippen LogP contribution < -0.4 is 4.90 Å². The van der Waals surface area contributed by atoms with Crippen molar-refractivity contribution in [3.05, 3.63) is 77.4 Å². The second kappa shape index (κ2) is 8.81. The fourth-order valence-corrected chi connectivity index (χ4v) is 4.50. The topological polar surface area (TPSA) is 68.1 Å². The summed E-state index contributed by atoms with van der Waals surface area (Å²) < 4.78 is 3.06. The first-order chi connectivity index (χ1) is 14.9. The Kier molecular flexibility index (Phi) is 5.95. The maximum atomic E-state index is 13.4. The standard InChI is InChI=1S/C24H24N4O2S/c1-16-5-10-21-22(17(16)2)26-24(31-21)28(13-4-12-27-14-11-25-15-27)23(30)20-8-6-19(7-9-20)18(3)29/h5-11,14-15H,4,12-13H2,1-3H3. The van der Waals surface area contributed by atoms with Crippen molar-refractivity contribution in [2.75, 3.05) is 11.4 Å². The summed E-state index contributed by atoms with van der Waals surface area (Å²) >= 11 is 1.53. The van der Waals surface area contributed by atoms with Gasteiger partial charge in [0.15, 0.2) is 10.9 Å². The minimum atomic E-state index is -0.117. The molecule has 0 N–H and O–H groups in total. The Balaban J connectivity index is 1.65. The molecule has 0 aliphatic rings. The van der Waals surface area contributed by atoms with Gasteiger partial charge in [-0.05, 0) is 56.5 Å². The zero-order valence-corrected chi connectivity index (χ0v) is 18.6. The lowest BCUT2D eigenvalue weighted by atomic mass is 10.1. The molecule has 0 saturated heterocycles. The first-order valence-electron chi connectivity index (χ1n) is 10.2. The predicted octanol–water partition coefficient (Wildman–Crippen LogP) is 5.05. The van der Waals surface area contributed by atoms with Gasteiger partial charge in [-0.1, -0.05) is 29.5 Å². The van der Waals surface area contributed by atoms with Gasteiger partial charge in [0.1, 0.15) is 0 Å². The summed E-state index contributed by atoms with van der Waals surface area (Å²) in [5.74, 6) is -0.137. The van der Waals surface area contributed by atoms with Crippen LogP contribution in [0.25, 0.3) is 10.2 Å². The molecular formula is C24H24N4O2S. The molecule has 0 fully saturated rings. The van der Waals surface area contributed by atoms with Crippen molar-refractivity contribution in [1.29, 1.82) is 0 Å². The lowest BCUT2D eigenvalue weighted by molar-refractivity contribution is 0.0982. The molecule has 0 atom stereocenters. The highest BCUT2D eigenvalue weighted by atomic mass is 32.1. The summed E-state index contributed by atoms with van der Waals surface area (Å²) in [5, 5.41) is 0.690. The zero-order valence-electron chi connectivity index (χ0n) is 17.8. The number of hydrogen-bond donors (Lipinski definition) is 0. The number of Topliss-reactive ketones (excluding diaryl/α,β-unsaturated/α-hetero) is 1. The normalized spacial score (nSPS) is 11.1. The summed E-state index contributed by atoms with van der Waals surface area (Å²) in [6.07, 6.45) is 6.20. The molecule has 7 heteroatoms. The van der Waals surface area contributed by atoms with Gasteiger partial charge in [-0.15, -0.1) is 0 Å². The molecule has 31 heavy (non-hydrogen) atoms. The Hall–Kier alpha value is -3.32. The van der Waals surface area contributed by atoms with Gasteiger partial charge >= 0.3 is 0 Å². The summed E-state index contributed by atoms with van der Waals surface area (Å²) in [6, 6.07) is 11.0. The average Bonchev–Trinajstić information content (AvgIpc) is 3.44. The molecule has 158 valence electrons. The lowest BCUT2D eigenvalue weighted by Gasteiger charge is -2.20. The molecule has 2 heterocycles. The molecule has 0 unspecified atom stereocenters. The van der Waals surface area contributed by atoms with Crippen LogP contribution in [0, 0.1) is 13.8 Å². The largest absolute Gasteiger partial charge is 0.337 e. The average molecular weight is 433 g/mol. The maximum absolute atomic E-state index is 13.4. The van der Waals surface area contributed by atoms with E-state index in [1.54, 1.807) is 41.7 Å². The number of thiazole rings is 1. The molecule has 0 aliphatic heterocycles. The Morgan fingerprint density at radius 2 is 1.81 bits per heavy atom. The molecule has 1 amide bonds. The van der Waals surface area contributed by atoms with E-state index >= 15 is 0 Å². The number of hydrogen-bond acceptors (Lipinski definition) is 5. The van der Waals surface area contributed by atoms with Gasteiger partial charge in [-0.2, -0.15) is 0 Å². The third-order valence-corrected chi connectivity index (χ3v) is 6.49. The number of aromatic nitrogens is 3. The van der Waals surface area contributed by atoms with Crippen LogP contribution in [0.15, 0.2) is 55.1 Å². The highest BCUT2D eigenvalue weighted by Gasteiger charge is 2.22. The van der Waals surface area contributed by atoms with E-state index in [2.05, 4.69) is 31.0 Å². The second-order valence-corrected chi connectivity index (χ2v) is 8.60. The first-order valence-corrected chi connectivity index (χ1v) is 11.0. The fraction of sp³-hybridized carbons (Fsp3) is 0.250. The Labute approximate surface area is 185 Å². The minimum absolute atomic E-state index is 0.0202. The Bertz CT molecular complexity index is 1230. The quantitative estimate of drug-likeness (QED) is 0.383. The molecule has 2 aromatic heterocycles. The van der Waals surface area contributed by atoms with Gasteiger partial charge in [0.05, 0.1) is 16.5 Å². The molecule has 0 aliphatic carbocycles. The van der Waals surface area contributed by atoms with Crippen LogP contribution in [0.2, 0.25) is 0 Å². The predicted molar refractivity (Wildman–Crippen MR) is 124 cm³/mol. The molecule has 2 aromatic carbocycles. The molecule has 0 saturated carbocycles. The third-order valence-electron chi connectivity index (χ3n) is 5.45. The van der Waals surface area contributed by atoms with Crippen molar-refractivity contribution in [3.8, 4) is 0 Å². The zero-order chi connectivity index (χ0) is 22.0. The number of nitrogens with zero attached hydrogens (tertiary/aromatic N) is 4. The van der Waals surface area contributed by atoms with Crippen molar-refractivity contribution in [2.24, 2.45) is 0 Å².